The van der Waals surface area contributed by atoms with E-state index < -0.39 is 47.6 Å². The van der Waals surface area contributed by atoms with Crippen molar-refractivity contribution >= 4 is 42.1 Å². The summed E-state index contributed by atoms with van der Waals surface area (Å²) < 4.78 is 16.0. The van der Waals surface area contributed by atoms with Gasteiger partial charge < -0.3 is 29.3 Å². The van der Waals surface area contributed by atoms with Crippen molar-refractivity contribution in [3.05, 3.63) is 71.8 Å². The number of hydrogen-bond acceptors (Lipinski definition) is 10. The highest BCUT2D eigenvalue weighted by molar-refractivity contribution is 6.08. The number of likely N-dealkylation sites (tertiary alicyclic amines) is 1. The summed E-state index contributed by atoms with van der Waals surface area (Å²) >= 11 is 0. The van der Waals surface area contributed by atoms with Crippen LogP contribution in [0.3, 0.4) is 0 Å². The molecular weight excluding hydrogens is 698 g/mol. The zero-order valence-electron chi connectivity index (χ0n) is 31.5. The lowest BCUT2D eigenvalue weighted by Gasteiger charge is -2.47. The number of alkyl carbamates (subject to hydrolysis) is 2. The van der Waals surface area contributed by atoms with E-state index in [4.69, 9.17) is 14.2 Å². The van der Waals surface area contributed by atoms with Gasteiger partial charge in [0.15, 0.2) is 6.04 Å². The standard InChI is InChI=1S/C38H51N7O9/c1-26(2)23-52-32(47)30-29(31(46)45(30)37(51)44-21-19-43(20-22-44)34(48)42-38(3,4)5)17-12-18-39-33(40-35(49)53-24-27-13-8-6-9-14-27)41-36(50)54-25-28-15-10-7-11-16-28/h6-11,13-16,26,29-30H,12,17-25H2,1-5H3,(H,42,48)(H2,39,40,41,49,50). The van der Waals surface area contributed by atoms with Crippen molar-refractivity contribution < 1.29 is 43.0 Å². The summed E-state index contributed by atoms with van der Waals surface area (Å²) in [5, 5.41) is 7.75. The Morgan fingerprint density at radius 1 is 0.796 bits per heavy atom. The first-order valence-electron chi connectivity index (χ1n) is 18.1. The molecule has 0 aromatic heterocycles. The third kappa shape index (κ3) is 12.5. The molecule has 2 aliphatic rings. The predicted molar refractivity (Wildman–Crippen MR) is 198 cm³/mol. The number of β-lactam (4-membered cyclic amide) rings is 1. The molecule has 2 atom stereocenters. The second kappa shape index (κ2) is 19.4. The minimum Gasteiger partial charge on any atom is -0.464 e. The van der Waals surface area contributed by atoms with Gasteiger partial charge in [-0.1, -0.05) is 74.5 Å². The summed E-state index contributed by atoms with van der Waals surface area (Å²) in [6.07, 6.45) is -1.32. The Bertz CT molecular complexity index is 1580. The lowest BCUT2D eigenvalue weighted by molar-refractivity contribution is -0.171. The molecule has 7 amide bonds. The fourth-order valence-corrected chi connectivity index (χ4v) is 5.62. The molecule has 2 heterocycles. The zero-order valence-corrected chi connectivity index (χ0v) is 31.5. The fraction of sp³-hybridized carbons (Fsp3) is 0.500. The van der Waals surface area contributed by atoms with Gasteiger partial charge in [0.05, 0.1) is 12.5 Å². The number of amides is 7. The highest BCUT2D eigenvalue weighted by atomic mass is 16.6. The number of aliphatic imine (C=N–C) groups is 1. The maximum absolute atomic E-state index is 13.6. The summed E-state index contributed by atoms with van der Waals surface area (Å²) in [5.74, 6) is -2.25. The molecule has 2 aliphatic heterocycles. The highest BCUT2D eigenvalue weighted by Crippen LogP contribution is 2.33. The zero-order chi connectivity index (χ0) is 39.3. The van der Waals surface area contributed by atoms with Crippen LogP contribution in [-0.4, -0.2) is 108 Å². The molecule has 4 rings (SSSR count). The molecule has 2 fully saturated rings. The Balaban J connectivity index is 1.37. The number of benzene rings is 2. The summed E-state index contributed by atoms with van der Waals surface area (Å²) in [6.45, 7) is 10.4. The average Bonchev–Trinajstić information content (AvgIpc) is 3.14. The third-order valence-corrected chi connectivity index (χ3v) is 8.35. The first-order valence-corrected chi connectivity index (χ1v) is 18.1. The van der Waals surface area contributed by atoms with Crippen LogP contribution in [0.15, 0.2) is 65.7 Å². The van der Waals surface area contributed by atoms with Crippen LogP contribution < -0.4 is 16.0 Å². The molecule has 2 aromatic rings. The molecular formula is C38H51N7O9. The molecule has 0 radical (unpaired) electrons. The summed E-state index contributed by atoms with van der Waals surface area (Å²) in [6, 6.07) is 16.1. The van der Waals surface area contributed by atoms with Crippen LogP contribution in [0.4, 0.5) is 19.2 Å². The second-order valence-corrected chi connectivity index (χ2v) is 14.5. The minimum atomic E-state index is -1.13. The molecule has 54 heavy (non-hydrogen) atoms. The lowest BCUT2D eigenvalue weighted by Crippen LogP contribution is -2.70. The molecule has 2 unspecified atom stereocenters. The van der Waals surface area contributed by atoms with Crippen LogP contribution in [0.1, 0.15) is 58.6 Å². The summed E-state index contributed by atoms with van der Waals surface area (Å²) in [4.78, 5) is 86.5. The van der Waals surface area contributed by atoms with Crippen molar-refractivity contribution in [2.24, 2.45) is 16.8 Å². The van der Waals surface area contributed by atoms with Gasteiger partial charge >= 0.3 is 30.2 Å². The average molecular weight is 750 g/mol. The number of urea groups is 2. The maximum Gasteiger partial charge on any atom is 0.414 e. The normalized spacial score (nSPS) is 16.9. The van der Waals surface area contributed by atoms with Crippen molar-refractivity contribution in [3.8, 4) is 0 Å². The van der Waals surface area contributed by atoms with Gasteiger partial charge in [0.25, 0.3) is 0 Å². The van der Waals surface area contributed by atoms with Crippen molar-refractivity contribution in [1.29, 1.82) is 0 Å². The predicted octanol–water partition coefficient (Wildman–Crippen LogP) is 4.25. The van der Waals surface area contributed by atoms with E-state index in [1.54, 1.807) is 29.2 Å². The molecule has 16 heteroatoms. The van der Waals surface area contributed by atoms with Gasteiger partial charge in [-0.2, -0.15) is 0 Å². The number of nitrogens with zero attached hydrogens (tertiary/aromatic N) is 4. The first kappa shape index (κ1) is 41.1. The number of ether oxygens (including phenoxy) is 3. The largest absolute Gasteiger partial charge is 0.464 e. The Labute approximate surface area is 315 Å². The van der Waals surface area contributed by atoms with Crippen molar-refractivity contribution in [2.45, 2.75) is 72.3 Å². The number of esters is 1. The smallest absolute Gasteiger partial charge is 0.414 e. The van der Waals surface area contributed by atoms with Crippen LogP contribution in [0.5, 0.6) is 0 Å². The van der Waals surface area contributed by atoms with Gasteiger partial charge in [0.2, 0.25) is 11.9 Å². The van der Waals surface area contributed by atoms with Crippen LogP contribution in [0.2, 0.25) is 0 Å². The molecule has 2 saturated heterocycles. The van der Waals surface area contributed by atoms with Crippen LogP contribution in [0, 0.1) is 11.8 Å². The molecule has 16 nitrogen and oxygen atoms in total. The molecule has 0 aliphatic carbocycles. The number of hydrogen-bond donors (Lipinski definition) is 3. The number of rotatable bonds is 11. The molecule has 0 spiro atoms. The van der Waals surface area contributed by atoms with Crippen LogP contribution in [-0.2, 0) is 37.0 Å². The number of imide groups is 1. The Morgan fingerprint density at radius 3 is 1.81 bits per heavy atom. The van der Waals surface area contributed by atoms with Gasteiger partial charge in [-0.15, -0.1) is 0 Å². The number of carbonyl (C=O) groups excluding carboxylic acids is 6. The van der Waals surface area contributed by atoms with Crippen molar-refractivity contribution in [1.82, 2.24) is 30.7 Å². The minimum absolute atomic E-state index is 0.0199. The van der Waals surface area contributed by atoms with E-state index in [-0.39, 0.29) is 83.3 Å². The number of guanidine groups is 1. The van der Waals surface area contributed by atoms with E-state index in [0.29, 0.717) is 0 Å². The number of carbonyl (C=O) groups is 6. The SMILES string of the molecule is CC(C)COC(=O)C1C(CCCN=C(NC(=O)OCc2ccccc2)NC(=O)OCc2ccccc2)C(=O)N1C(=O)N1CCN(C(=O)NC(C)(C)C)CC1. The van der Waals surface area contributed by atoms with E-state index >= 15 is 0 Å². The molecule has 2 aromatic carbocycles. The fourth-order valence-electron chi connectivity index (χ4n) is 5.62. The van der Waals surface area contributed by atoms with Crippen molar-refractivity contribution in [3.63, 3.8) is 0 Å². The van der Waals surface area contributed by atoms with Gasteiger partial charge in [-0.05, 0) is 50.7 Å². The van der Waals surface area contributed by atoms with E-state index in [2.05, 4.69) is 20.9 Å². The number of nitrogens with one attached hydrogen (secondary N) is 3. The van der Waals surface area contributed by atoms with E-state index in [9.17, 15) is 28.8 Å². The van der Waals surface area contributed by atoms with E-state index in [1.165, 1.54) is 4.90 Å². The van der Waals surface area contributed by atoms with Gasteiger partial charge in [-0.25, -0.2) is 28.9 Å². The van der Waals surface area contributed by atoms with E-state index in [0.717, 1.165) is 16.0 Å². The maximum atomic E-state index is 13.6. The monoisotopic (exact) mass is 749 g/mol. The number of piperazine rings is 1. The molecule has 292 valence electrons. The lowest BCUT2D eigenvalue weighted by atomic mass is 9.83. The second-order valence-electron chi connectivity index (χ2n) is 14.5. The summed E-state index contributed by atoms with van der Waals surface area (Å²) in [5.41, 5.74) is 1.09. The Morgan fingerprint density at radius 2 is 1.31 bits per heavy atom. The quantitative estimate of drug-likeness (QED) is 0.0754. The van der Waals surface area contributed by atoms with Crippen LogP contribution >= 0.6 is 0 Å². The highest BCUT2D eigenvalue weighted by Gasteiger charge is 2.56. The van der Waals surface area contributed by atoms with Gasteiger partial charge in [-0.3, -0.25) is 20.4 Å². The Hall–Kier alpha value is -5.67. The molecule has 0 saturated carbocycles. The van der Waals surface area contributed by atoms with Gasteiger partial charge in [0, 0.05) is 38.3 Å². The molecule has 0 bridgehead atoms. The van der Waals surface area contributed by atoms with Gasteiger partial charge in [0.1, 0.15) is 13.2 Å². The first-order chi connectivity index (χ1) is 25.7. The Kier molecular flexibility index (Phi) is 14.8. The van der Waals surface area contributed by atoms with E-state index in [1.807, 2.05) is 71.0 Å². The topological polar surface area (TPSA) is 188 Å². The summed E-state index contributed by atoms with van der Waals surface area (Å²) in [7, 11) is 0. The van der Waals surface area contributed by atoms with Crippen molar-refractivity contribution in [2.75, 3.05) is 39.3 Å². The molecule has 3 N–H and O–H groups in total. The van der Waals surface area contributed by atoms with Crippen LogP contribution in [0.25, 0.3) is 0 Å². The third-order valence-electron chi connectivity index (χ3n) is 8.35.